The Morgan fingerprint density at radius 1 is 1.15 bits per heavy atom. The number of methoxy groups -OCH3 is 1. The number of alkyl halides is 4. The normalized spacial score (nSPS) is 16.7. The predicted molar refractivity (Wildman–Crippen MR) is 132 cm³/mol. The van der Waals surface area contributed by atoms with Gasteiger partial charge in [-0.25, -0.2) is 0 Å². The SMILES string of the molecule is CCC(C)C(COC)N(C)C(=O)C(NC(=O)C(C(C)C)I(C)CI)C(C)C. The van der Waals surface area contributed by atoms with Gasteiger partial charge in [-0.15, -0.1) is 0 Å². The molecule has 0 aliphatic rings. The molecule has 27 heavy (non-hydrogen) atoms. The van der Waals surface area contributed by atoms with Gasteiger partial charge in [-0.2, -0.15) is 0 Å². The number of nitrogens with one attached hydrogen (secondary N) is 1. The van der Waals surface area contributed by atoms with Gasteiger partial charge >= 0.3 is 189 Å². The van der Waals surface area contributed by atoms with Gasteiger partial charge in [-0.05, 0) is 0 Å². The number of ether oxygens (including phenoxy) is 1. The van der Waals surface area contributed by atoms with Crippen LogP contribution in [0.3, 0.4) is 0 Å². The van der Waals surface area contributed by atoms with Crippen molar-refractivity contribution >= 4 is 54.2 Å². The minimum atomic E-state index is -1.37. The quantitative estimate of drug-likeness (QED) is 0.267. The van der Waals surface area contributed by atoms with Crippen molar-refractivity contribution in [3.05, 3.63) is 0 Å². The Balaban J connectivity index is 5.46. The summed E-state index contributed by atoms with van der Waals surface area (Å²) in [5, 5.41) is 3.11. The summed E-state index contributed by atoms with van der Waals surface area (Å²) < 4.78 is 6.50. The van der Waals surface area contributed by atoms with Gasteiger partial charge in [0.1, 0.15) is 0 Å². The van der Waals surface area contributed by atoms with E-state index in [9.17, 15) is 9.59 Å². The molecule has 0 aromatic rings. The second-order valence-electron chi connectivity index (χ2n) is 7.97. The van der Waals surface area contributed by atoms with E-state index < -0.39 is 25.9 Å². The van der Waals surface area contributed by atoms with E-state index in [0.717, 1.165) is 8.86 Å². The maximum atomic E-state index is 13.3. The van der Waals surface area contributed by atoms with E-state index in [1.54, 1.807) is 12.0 Å². The standard InChI is InChI=1S/C20H40I2N2O3/c1-10-15(6)16(11-27-9)24(8)20(26)18(14(4)5)23-19(25)17(13(2)3)22(7)12-21/h13-18H,10-12H2,1-9H3,(H,23,25). The van der Waals surface area contributed by atoms with Crippen molar-refractivity contribution in [3.63, 3.8) is 0 Å². The molecule has 162 valence electrons. The molecule has 0 rings (SSSR count). The molecule has 0 radical (unpaired) electrons. The first-order chi connectivity index (χ1) is 12.5. The Hall–Kier alpha value is 0.360. The van der Waals surface area contributed by atoms with E-state index in [2.05, 4.69) is 60.5 Å². The maximum absolute atomic E-state index is 13.3. The zero-order valence-electron chi connectivity index (χ0n) is 18.5. The molecular formula is C20H40I2N2O3. The van der Waals surface area contributed by atoms with Crippen LogP contribution in [0.5, 0.6) is 0 Å². The summed E-state index contributed by atoms with van der Waals surface area (Å²) in [6.07, 6.45) is 0.971. The molecule has 0 fully saturated rings. The number of rotatable bonds is 12. The van der Waals surface area contributed by atoms with Crippen molar-refractivity contribution in [2.75, 3.05) is 28.1 Å². The van der Waals surface area contributed by atoms with Gasteiger partial charge in [-0.1, -0.05) is 0 Å². The van der Waals surface area contributed by atoms with Crippen molar-refractivity contribution in [2.45, 2.75) is 64.0 Å². The molecule has 4 atom stereocenters. The molecule has 0 aromatic heterocycles. The third kappa shape index (κ3) is 8.32. The van der Waals surface area contributed by atoms with Gasteiger partial charge in [-0.3, -0.25) is 0 Å². The van der Waals surface area contributed by atoms with Crippen LogP contribution in [-0.2, 0) is 14.3 Å². The first-order valence-corrected chi connectivity index (χ1v) is 16.1. The third-order valence-corrected chi connectivity index (χ3v) is 16.4. The number of carbonyl (C=O) groups is 2. The summed E-state index contributed by atoms with van der Waals surface area (Å²) in [7, 11) is 3.50. The van der Waals surface area contributed by atoms with Crippen LogP contribution in [-0.4, -0.2) is 60.9 Å². The van der Waals surface area contributed by atoms with Crippen molar-refractivity contribution in [1.82, 2.24) is 10.2 Å². The second kappa shape index (κ2) is 13.6. The van der Waals surface area contributed by atoms with Gasteiger partial charge in [0.25, 0.3) is 0 Å². The van der Waals surface area contributed by atoms with Crippen molar-refractivity contribution in [2.24, 2.45) is 17.8 Å². The fourth-order valence-electron chi connectivity index (χ4n) is 3.19. The monoisotopic (exact) mass is 610 g/mol. The van der Waals surface area contributed by atoms with Gasteiger partial charge in [0, 0.05) is 0 Å². The van der Waals surface area contributed by atoms with Crippen molar-refractivity contribution < 1.29 is 14.3 Å². The van der Waals surface area contributed by atoms with E-state index >= 15 is 0 Å². The fraction of sp³-hybridized carbons (Fsp3) is 0.900. The Kier molecular flexibility index (Phi) is 13.7. The average Bonchev–Trinajstić information content (AvgIpc) is 2.61. The summed E-state index contributed by atoms with van der Waals surface area (Å²) in [6, 6.07) is -0.485. The summed E-state index contributed by atoms with van der Waals surface area (Å²) in [5.74, 6) is 0.710. The number of nitrogens with zero attached hydrogens (tertiary/aromatic N) is 1. The molecule has 0 aliphatic carbocycles. The second-order valence-corrected chi connectivity index (χ2v) is 17.4. The van der Waals surface area contributed by atoms with Crippen molar-refractivity contribution in [3.8, 4) is 0 Å². The third-order valence-electron chi connectivity index (χ3n) is 5.11. The molecule has 2 amide bonds. The molecule has 5 nitrogen and oxygen atoms in total. The summed E-state index contributed by atoms with van der Waals surface area (Å²) in [4.78, 5) is 30.3. The molecule has 0 saturated heterocycles. The van der Waals surface area contributed by atoms with E-state index in [1.165, 1.54) is 0 Å². The van der Waals surface area contributed by atoms with Crippen LogP contribution in [0.2, 0.25) is 0 Å². The van der Waals surface area contributed by atoms with Gasteiger partial charge in [0.2, 0.25) is 0 Å². The Bertz CT molecular complexity index is 461. The Morgan fingerprint density at radius 2 is 1.70 bits per heavy atom. The van der Waals surface area contributed by atoms with Gasteiger partial charge in [0.15, 0.2) is 0 Å². The van der Waals surface area contributed by atoms with Gasteiger partial charge in [0.05, 0.1) is 0 Å². The fourth-order valence-corrected chi connectivity index (χ4v) is 9.56. The topological polar surface area (TPSA) is 58.6 Å². The molecule has 7 heteroatoms. The van der Waals surface area contributed by atoms with E-state index in [1.807, 2.05) is 20.9 Å². The molecule has 1 N–H and O–H groups in total. The first kappa shape index (κ1) is 27.4. The molecule has 0 bridgehead atoms. The summed E-state index contributed by atoms with van der Waals surface area (Å²) in [5.41, 5.74) is 0. The van der Waals surface area contributed by atoms with Crippen LogP contribution in [0.1, 0.15) is 48.0 Å². The average molecular weight is 610 g/mol. The number of likely N-dealkylation sites (N-methyl/N-ethyl adjacent to an activating group) is 1. The van der Waals surface area contributed by atoms with E-state index in [4.69, 9.17) is 4.74 Å². The molecule has 0 aliphatic heterocycles. The number of hydrogen-bond donors (Lipinski definition) is 1. The zero-order valence-corrected chi connectivity index (χ0v) is 22.8. The molecule has 0 spiro atoms. The molecule has 0 saturated carbocycles. The molecule has 4 unspecified atom stereocenters. The summed E-state index contributed by atoms with van der Waals surface area (Å²) >= 11 is 1.03. The molecule has 0 heterocycles. The van der Waals surface area contributed by atoms with E-state index in [-0.39, 0.29) is 27.7 Å². The number of carbonyl (C=O) groups excluding carboxylic acids is 2. The number of amides is 2. The van der Waals surface area contributed by atoms with Crippen LogP contribution < -0.4 is 5.32 Å². The first-order valence-electron chi connectivity index (χ1n) is 9.69. The molecule has 0 aromatic carbocycles. The van der Waals surface area contributed by atoms with Crippen LogP contribution >= 0.6 is 42.4 Å². The zero-order chi connectivity index (χ0) is 21.3. The van der Waals surface area contributed by atoms with Crippen LogP contribution in [0, 0.1) is 17.8 Å². The van der Waals surface area contributed by atoms with Crippen LogP contribution in [0.15, 0.2) is 0 Å². The molecular weight excluding hydrogens is 570 g/mol. The van der Waals surface area contributed by atoms with Crippen LogP contribution in [0.25, 0.3) is 0 Å². The predicted octanol–water partition coefficient (Wildman–Crippen LogP) is 4.20. The van der Waals surface area contributed by atoms with E-state index in [0.29, 0.717) is 18.4 Å². The summed E-state index contributed by atoms with van der Waals surface area (Å²) in [6.45, 7) is 13.0. The van der Waals surface area contributed by atoms with Crippen molar-refractivity contribution in [1.29, 1.82) is 0 Å². The van der Waals surface area contributed by atoms with Crippen LogP contribution in [0.4, 0.5) is 0 Å². The van der Waals surface area contributed by atoms with Gasteiger partial charge < -0.3 is 0 Å². The number of halogens is 2. The Labute approximate surface area is 187 Å². The minimum absolute atomic E-state index is 0.00962. The number of hydrogen-bond acceptors (Lipinski definition) is 3. The Morgan fingerprint density at radius 3 is 2.07 bits per heavy atom.